The highest BCUT2D eigenvalue weighted by Gasteiger charge is 2.12. The Morgan fingerprint density at radius 1 is 0.720 bits per heavy atom. The fraction of sp³-hybridized carbons (Fsp3) is 0. The monoisotopic (exact) mass is 386 g/mol. The molecule has 0 aliphatic rings. The molecule has 2 rings (SSSR count). The molecule has 126 valence electrons. The Bertz CT molecular complexity index is 895. The molecule has 0 fully saturated rings. The standard InChI is InChI=1S/C19H14O3S3/c1-4-17(20)23-13-7-8-15-12(9-13)10-14(24-18(21)5-2)11-16(15)25-19(22)6-3/h4-11H,1-3H2. The van der Waals surface area contributed by atoms with Crippen molar-refractivity contribution >= 4 is 61.4 Å². The van der Waals surface area contributed by atoms with E-state index in [0.717, 1.165) is 55.8 Å². The fourth-order valence-corrected chi connectivity index (χ4v) is 4.13. The van der Waals surface area contributed by atoms with Crippen LogP contribution in [-0.2, 0) is 14.4 Å². The molecule has 0 spiro atoms. The summed E-state index contributed by atoms with van der Waals surface area (Å²) in [6, 6.07) is 9.18. The van der Waals surface area contributed by atoms with Gasteiger partial charge >= 0.3 is 0 Å². The van der Waals surface area contributed by atoms with Crippen molar-refractivity contribution in [2.45, 2.75) is 14.7 Å². The van der Waals surface area contributed by atoms with Gasteiger partial charge in [0.05, 0.1) is 0 Å². The molecule has 0 N–H and O–H groups in total. The second-order valence-corrected chi connectivity index (χ2v) is 7.88. The van der Waals surface area contributed by atoms with Crippen LogP contribution in [0, 0.1) is 0 Å². The van der Waals surface area contributed by atoms with Crippen LogP contribution in [-0.4, -0.2) is 15.3 Å². The van der Waals surface area contributed by atoms with Gasteiger partial charge in [-0.05, 0) is 88.6 Å². The molecule has 0 aliphatic heterocycles. The number of rotatable bonds is 6. The predicted octanol–water partition coefficient (Wildman–Crippen LogP) is 5.25. The molecule has 0 aliphatic carbocycles. The molecule has 0 aromatic heterocycles. The number of fused-ring (bicyclic) bond motifs is 1. The van der Waals surface area contributed by atoms with Crippen LogP contribution >= 0.6 is 35.3 Å². The van der Waals surface area contributed by atoms with Gasteiger partial charge in [-0.15, -0.1) is 0 Å². The molecule has 0 unspecified atom stereocenters. The number of benzene rings is 2. The maximum Gasteiger partial charge on any atom is 0.216 e. The van der Waals surface area contributed by atoms with E-state index in [2.05, 4.69) is 19.7 Å². The Morgan fingerprint density at radius 2 is 1.24 bits per heavy atom. The van der Waals surface area contributed by atoms with Crippen molar-refractivity contribution in [3.8, 4) is 0 Å². The van der Waals surface area contributed by atoms with Crippen molar-refractivity contribution in [2.24, 2.45) is 0 Å². The smallest absolute Gasteiger partial charge is 0.216 e. The number of thioether (sulfide) groups is 3. The Kier molecular flexibility index (Phi) is 6.87. The number of hydrogen-bond acceptors (Lipinski definition) is 6. The van der Waals surface area contributed by atoms with Crippen LogP contribution in [0.3, 0.4) is 0 Å². The fourth-order valence-electron chi connectivity index (χ4n) is 1.96. The van der Waals surface area contributed by atoms with E-state index in [0.29, 0.717) is 4.90 Å². The van der Waals surface area contributed by atoms with E-state index in [1.54, 1.807) is 6.07 Å². The number of hydrogen-bond donors (Lipinski definition) is 0. The molecular weight excluding hydrogens is 372 g/mol. The lowest BCUT2D eigenvalue weighted by molar-refractivity contribution is -0.107. The van der Waals surface area contributed by atoms with Crippen LogP contribution in [0.25, 0.3) is 10.8 Å². The Labute approximate surface area is 158 Å². The zero-order valence-electron chi connectivity index (χ0n) is 13.2. The third-order valence-corrected chi connectivity index (χ3v) is 5.63. The van der Waals surface area contributed by atoms with E-state index in [4.69, 9.17) is 0 Å². The second-order valence-electron chi connectivity index (χ2n) is 4.68. The van der Waals surface area contributed by atoms with E-state index in [9.17, 15) is 14.4 Å². The van der Waals surface area contributed by atoms with Crippen molar-refractivity contribution in [1.29, 1.82) is 0 Å². The van der Waals surface area contributed by atoms with Crippen LogP contribution in [0.5, 0.6) is 0 Å². The molecule has 0 amide bonds. The minimum Gasteiger partial charge on any atom is -0.282 e. The maximum absolute atomic E-state index is 11.8. The Morgan fingerprint density at radius 3 is 1.84 bits per heavy atom. The minimum atomic E-state index is -0.183. The van der Waals surface area contributed by atoms with Crippen molar-refractivity contribution < 1.29 is 14.4 Å². The van der Waals surface area contributed by atoms with Crippen LogP contribution in [0.1, 0.15) is 0 Å². The SMILES string of the molecule is C=CC(=O)Sc1ccc2c(SC(=O)C=C)cc(SC(=O)C=C)cc2c1. The topological polar surface area (TPSA) is 51.2 Å². The average Bonchev–Trinajstić information content (AvgIpc) is 2.60. The van der Waals surface area contributed by atoms with Gasteiger partial charge < -0.3 is 0 Å². The molecule has 0 saturated heterocycles. The molecule has 0 bridgehead atoms. The lowest BCUT2D eigenvalue weighted by Gasteiger charge is -2.09. The first-order chi connectivity index (χ1) is 12.0. The molecule has 3 nitrogen and oxygen atoms in total. The highest BCUT2D eigenvalue weighted by atomic mass is 32.2. The van der Waals surface area contributed by atoms with Gasteiger partial charge in [-0.3, -0.25) is 14.4 Å². The summed E-state index contributed by atoms with van der Waals surface area (Å²) in [5.41, 5.74) is 0. The molecule has 2 aromatic carbocycles. The van der Waals surface area contributed by atoms with Gasteiger partial charge in [0.15, 0.2) is 0 Å². The molecule has 0 radical (unpaired) electrons. The van der Waals surface area contributed by atoms with Crippen LogP contribution in [0.15, 0.2) is 83.0 Å². The van der Waals surface area contributed by atoms with Crippen molar-refractivity contribution in [2.75, 3.05) is 0 Å². The summed E-state index contributed by atoms with van der Waals surface area (Å²) in [6.07, 6.45) is 3.75. The van der Waals surface area contributed by atoms with E-state index >= 15 is 0 Å². The van der Waals surface area contributed by atoms with Gasteiger partial charge in [-0.1, -0.05) is 25.8 Å². The third-order valence-electron chi connectivity index (χ3n) is 3.01. The van der Waals surface area contributed by atoms with Crippen molar-refractivity contribution in [1.82, 2.24) is 0 Å². The van der Waals surface area contributed by atoms with Gasteiger partial charge in [-0.2, -0.15) is 0 Å². The molecule has 0 heterocycles. The highest BCUT2D eigenvalue weighted by molar-refractivity contribution is 8.15. The normalized spacial score (nSPS) is 10.2. The quantitative estimate of drug-likeness (QED) is 0.499. The summed E-state index contributed by atoms with van der Waals surface area (Å²) < 4.78 is 0. The maximum atomic E-state index is 11.8. The summed E-state index contributed by atoms with van der Waals surface area (Å²) in [4.78, 5) is 37.2. The summed E-state index contributed by atoms with van der Waals surface area (Å²) in [7, 11) is 0. The average molecular weight is 387 g/mol. The summed E-state index contributed by atoms with van der Waals surface area (Å²) >= 11 is 3.15. The lowest BCUT2D eigenvalue weighted by Crippen LogP contribution is -1.90. The zero-order chi connectivity index (χ0) is 18.4. The van der Waals surface area contributed by atoms with Gasteiger partial charge in [0.1, 0.15) is 0 Å². The lowest BCUT2D eigenvalue weighted by atomic mass is 10.1. The van der Waals surface area contributed by atoms with E-state index in [-0.39, 0.29) is 15.3 Å². The van der Waals surface area contributed by atoms with Crippen molar-refractivity contribution in [3.05, 3.63) is 68.3 Å². The first-order valence-electron chi connectivity index (χ1n) is 7.07. The summed E-state index contributed by atoms with van der Waals surface area (Å²) in [5, 5.41) is 1.19. The molecule has 6 heteroatoms. The van der Waals surface area contributed by atoms with Gasteiger partial charge in [-0.25, -0.2) is 0 Å². The molecule has 0 atom stereocenters. The molecule has 25 heavy (non-hydrogen) atoms. The highest BCUT2D eigenvalue weighted by Crippen LogP contribution is 2.36. The first kappa shape index (κ1) is 19.3. The van der Waals surface area contributed by atoms with Gasteiger partial charge in [0.2, 0.25) is 15.3 Å². The van der Waals surface area contributed by atoms with Crippen LogP contribution in [0.2, 0.25) is 0 Å². The van der Waals surface area contributed by atoms with Gasteiger partial charge in [0.25, 0.3) is 0 Å². The molecule has 0 saturated carbocycles. The van der Waals surface area contributed by atoms with Crippen LogP contribution < -0.4 is 0 Å². The first-order valence-corrected chi connectivity index (χ1v) is 9.52. The molecular formula is C19H14O3S3. The van der Waals surface area contributed by atoms with Crippen LogP contribution in [0.4, 0.5) is 0 Å². The number of carbonyl (C=O) groups is 3. The van der Waals surface area contributed by atoms with Crippen molar-refractivity contribution in [3.63, 3.8) is 0 Å². The molecule has 2 aromatic rings. The van der Waals surface area contributed by atoms with E-state index < -0.39 is 0 Å². The second kappa shape index (κ2) is 8.89. The summed E-state index contributed by atoms with van der Waals surface area (Å²) in [5.74, 6) is 0. The summed E-state index contributed by atoms with van der Waals surface area (Å²) in [6.45, 7) is 10.4. The van der Waals surface area contributed by atoms with Gasteiger partial charge in [0, 0.05) is 14.7 Å². The number of carbonyl (C=O) groups excluding carboxylic acids is 3. The Balaban J connectivity index is 2.54. The predicted molar refractivity (Wildman–Crippen MR) is 107 cm³/mol. The largest absolute Gasteiger partial charge is 0.282 e. The minimum absolute atomic E-state index is 0.150. The zero-order valence-corrected chi connectivity index (χ0v) is 15.6. The van der Waals surface area contributed by atoms with E-state index in [1.807, 2.05) is 24.3 Å². The Hall–Kier alpha value is -2.02. The third kappa shape index (κ3) is 5.22. The van der Waals surface area contributed by atoms with E-state index in [1.165, 1.54) is 18.2 Å².